The van der Waals surface area contributed by atoms with E-state index in [2.05, 4.69) is 218 Å². The second-order valence-corrected chi connectivity index (χ2v) is 15.5. The molecule has 56 heavy (non-hydrogen) atoms. The summed E-state index contributed by atoms with van der Waals surface area (Å²) in [7, 11) is 0. The summed E-state index contributed by atoms with van der Waals surface area (Å²) in [6, 6.07) is 65.8. The highest BCUT2D eigenvalue weighted by Crippen LogP contribution is 2.62. The number of benzene rings is 7. The minimum absolute atomic E-state index is 0.428. The lowest BCUT2D eigenvalue weighted by atomic mass is 9.49. The number of rotatable bonds is 7. The van der Waals surface area contributed by atoms with Crippen molar-refractivity contribution in [3.8, 4) is 0 Å². The van der Waals surface area contributed by atoms with Gasteiger partial charge in [0.1, 0.15) is 0 Å². The van der Waals surface area contributed by atoms with Crippen molar-refractivity contribution in [1.29, 1.82) is 0 Å². The number of anilines is 3. The van der Waals surface area contributed by atoms with E-state index in [0.29, 0.717) is 0 Å². The highest BCUT2D eigenvalue weighted by Gasteiger charge is 2.54. The number of para-hydroxylation sites is 1. The quantitative estimate of drug-likeness (QED) is 0.159. The number of hydrogen-bond donors (Lipinski definition) is 0. The van der Waals surface area contributed by atoms with Gasteiger partial charge in [0, 0.05) is 16.8 Å². The second-order valence-electron chi connectivity index (χ2n) is 15.5. The summed E-state index contributed by atoms with van der Waals surface area (Å²) < 4.78 is 0. The molecule has 0 spiro atoms. The van der Waals surface area contributed by atoms with Gasteiger partial charge in [-0.15, -0.1) is 0 Å². The predicted octanol–water partition coefficient (Wildman–Crippen LogP) is 14.2. The fourth-order valence-corrected chi connectivity index (χ4v) is 10.2. The summed E-state index contributed by atoms with van der Waals surface area (Å²) >= 11 is 0. The zero-order chi connectivity index (χ0) is 37.5. The zero-order valence-electron chi connectivity index (χ0n) is 31.9. The van der Waals surface area contributed by atoms with Gasteiger partial charge in [0.2, 0.25) is 0 Å². The average molecular weight is 720 g/mol. The van der Waals surface area contributed by atoms with Crippen molar-refractivity contribution in [2.24, 2.45) is 0 Å². The van der Waals surface area contributed by atoms with E-state index in [1.54, 1.807) is 0 Å². The van der Waals surface area contributed by atoms with Crippen molar-refractivity contribution < 1.29 is 0 Å². The Kier molecular flexibility index (Phi) is 8.52. The largest absolute Gasteiger partial charge is 0.310 e. The molecule has 0 aliphatic heterocycles. The van der Waals surface area contributed by atoms with Crippen LogP contribution in [-0.4, -0.2) is 0 Å². The number of fused-ring (bicyclic) bond motifs is 3. The van der Waals surface area contributed by atoms with Crippen LogP contribution in [0.2, 0.25) is 0 Å². The monoisotopic (exact) mass is 719 g/mol. The third-order valence-electron chi connectivity index (χ3n) is 12.6. The molecule has 1 nitrogen and oxygen atoms in total. The van der Waals surface area contributed by atoms with Crippen LogP contribution < -0.4 is 4.90 Å². The highest BCUT2D eigenvalue weighted by molar-refractivity contribution is 5.99. The molecule has 0 saturated carbocycles. The Bertz CT molecular complexity index is 2640. The van der Waals surface area contributed by atoms with Gasteiger partial charge in [-0.2, -0.15) is 0 Å². The van der Waals surface area contributed by atoms with E-state index in [0.717, 1.165) is 37.1 Å². The molecule has 0 N–H and O–H groups in total. The Morgan fingerprint density at radius 3 is 1.57 bits per heavy atom. The van der Waals surface area contributed by atoms with Gasteiger partial charge in [-0.1, -0.05) is 193 Å². The van der Waals surface area contributed by atoms with E-state index in [1.807, 2.05) is 0 Å². The van der Waals surface area contributed by atoms with Crippen LogP contribution in [0.5, 0.6) is 0 Å². The molecule has 7 aromatic rings. The third kappa shape index (κ3) is 5.22. The van der Waals surface area contributed by atoms with Crippen LogP contribution in [0.1, 0.15) is 66.0 Å². The topological polar surface area (TPSA) is 3.24 Å². The minimum atomic E-state index is -0.497. The van der Waals surface area contributed by atoms with Crippen molar-refractivity contribution in [2.75, 3.05) is 4.90 Å². The standard InChI is InChI=1S/C55H45N/c1-40-32-34-44(35-33-40)55(45-36-38-47(39-37-45)56(46-24-9-4-10-25-46)53-31-17-19-41-18-11-12-26-48(41)53)51-29-15-13-27-49(51)54(42-20-5-2-6-21-42,43-22-7-3-8-23-43)50-28-14-16-30-52(50)55/h2-7,9-22,24-32,34,36-39H,8,23,33,35H2,1H3. The van der Waals surface area contributed by atoms with E-state index >= 15 is 0 Å². The molecule has 270 valence electrons. The van der Waals surface area contributed by atoms with E-state index in [4.69, 9.17) is 0 Å². The van der Waals surface area contributed by atoms with Gasteiger partial charge in [-0.3, -0.25) is 0 Å². The van der Waals surface area contributed by atoms with Crippen LogP contribution in [-0.2, 0) is 10.8 Å². The maximum atomic E-state index is 2.45. The number of nitrogens with zero attached hydrogens (tertiary/aromatic N) is 1. The van der Waals surface area contributed by atoms with Crippen molar-refractivity contribution >= 4 is 27.8 Å². The molecule has 0 fully saturated rings. The van der Waals surface area contributed by atoms with E-state index in [1.165, 1.54) is 66.6 Å². The molecule has 0 aromatic heterocycles. The van der Waals surface area contributed by atoms with Crippen LogP contribution in [0.4, 0.5) is 17.1 Å². The zero-order valence-corrected chi connectivity index (χ0v) is 31.9. The van der Waals surface area contributed by atoms with Gasteiger partial charge in [0.25, 0.3) is 0 Å². The van der Waals surface area contributed by atoms with Crippen LogP contribution in [0.3, 0.4) is 0 Å². The molecule has 0 radical (unpaired) electrons. The van der Waals surface area contributed by atoms with Gasteiger partial charge in [-0.25, -0.2) is 0 Å². The molecule has 3 aliphatic carbocycles. The van der Waals surface area contributed by atoms with Gasteiger partial charge in [0.05, 0.1) is 16.5 Å². The first-order valence-corrected chi connectivity index (χ1v) is 20.1. The number of hydrogen-bond acceptors (Lipinski definition) is 1. The van der Waals surface area contributed by atoms with E-state index in [9.17, 15) is 0 Å². The number of allylic oxidation sites excluding steroid dienone is 8. The minimum Gasteiger partial charge on any atom is -0.310 e. The Hall–Kier alpha value is -6.44. The fourth-order valence-electron chi connectivity index (χ4n) is 10.2. The van der Waals surface area contributed by atoms with E-state index < -0.39 is 10.8 Å². The van der Waals surface area contributed by atoms with Gasteiger partial charge >= 0.3 is 0 Å². The molecule has 3 aliphatic rings. The Labute approximate surface area is 331 Å². The molecular weight excluding hydrogens is 675 g/mol. The first-order valence-electron chi connectivity index (χ1n) is 20.1. The fraction of sp³-hybridized carbons (Fsp3) is 0.127. The molecule has 0 heterocycles. The molecule has 1 heteroatoms. The maximum absolute atomic E-state index is 2.45. The SMILES string of the molecule is CC1=CC=C(C2(c3ccc(N(c4ccccc4)c4cccc5ccccc45)cc3)c3ccccc3C(C3=CC=CCC3)(c3ccccc3)c3ccccc32)CC1. The molecule has 0 saturated heterocycles. The lowest BCUT2D eigenvalue weighted by Crippen LogP contribution is -2.46. The molecule has 0 amide bonds. The first-order chi connectivity index (χ1) is 27.7. The average Bonchev–Trinajstić information content (AvgIpc) is 3.27. The lowest BCUT2D eigenvalue weighted by Gasteiger charge is -2.52. The van der Waals surface area contributed by atoms with Crippen LogP contribution >= 0.6 is 0 Å². The Morgan fingerprint density at radius 2 is 0.964 bits per heavy atom. The van der Waals surface area contributed by atoms with E-state index in [-0.39, 0.29) is 0 Å². The smallest absolute Gasteiger partial charge is 0.0671 e. The summed E-state index contributed by atoms with van der Waals surface area (Å²) in [6.07, 6.45) is 15.9. The van der Waals surface area contributed by atoms with Crippen LogP contribution in [0, 0.1) is 0 Å². The van der Waals surface area contributed by atoms with Crippen molar-refractivity contribution in [2.45, 2.75) is 43.4 Å². The molecule has 10 rings (SSSR count). The van der Waals surface area contributed by atoms with Crippen LogP contribution in [0.15, 0.2) is 223 Å². The van der Waals surface area contributed by atoms with Crippen molar-refractivity contribution in [3.05, 3.63) is 256 Å². The van der Waals surface area contributed by atoms with Crippen molar-refractivity contribution in [1.82, 2.24) is 0 Å². The highest BCUT2D eigenvalue weighted by atomic mass is 15.1. The van der Waals surface area contributed by atoms with Crippen LogP contribution in [0.25, 0.3) is 10.8 Å². The Morgan fingerprint density at radius 1 is 0.429 bits per heavy atom. The third-order valence-corrected chi connectivity index (χ3v) is 12.6. The summed E-state index contributed by atoms with van der Waals surface area (Å²) in [5.74, 6) is 0. The lowest BCUT2D eigenvalue weighted by molar-refractivity contribution is 0.569. The van der Waals surface area contributed by atoms with Crippen molar-refractivity contribution in [3.63, 3.8) is 0 Å². The first kappa shape index (κ1) is 34.1. The molecule has 0 bridgehead atoms. The summed E-state index contributed by atoms with van der Waals surface area (Å²) in [6.45, 7) is 2.27. The normalized spacial score (nSPS) is 20.0. The second kappa shape index (κ2) is 14.0. The van der Waals surface area contributed by atoms with Gasteiger partial charge in [0.15, 0.2) is 0 Å². The Balaban J connectivity index is 1.25. The molecular formula is C55H45N. The summed E-state index contributed by atoms with van der Waals surface area (Å²) in [5, 5.41) is 2.46. The summed E-state index contributed by atoms with van der Waals surface area (Å²) in [5.41, 5.74) is 15.0. The molecule has 7 aromatic carbocycles. The summed E-state index contributed by atoms with van der Waals surface area (Å²) in [4.78, 5) is 2.41. The van der Waals surface area contributed by atoms with Gasteiger partial charge in [-0.05, 0) is 102 Å². The predicted molar refractivity (Wildman–Crippen MR) is 235 cm³/mol. The maximum Gasteiger partial charge on any atom is 0.0671 e. The molecule has 0 atom stereocenters. The molecule has 0 unspecified atom stereocenters. The van der Waals surface area contributed by atoms with Gasteiger partial charge < -0.3 is 4.90 Å².